The fourth-order valence-corrected chi connectivity index (χ4v) is 2.25. The topological polar surface area (TPSA) is 193 Å². The molecule has 0 bridgehead atoms. The van der Waals surface area contributed by atoms with Crippen LogP contribution < -0.4 is 22.1 Å². The molecule has 0 saturated heterocycles. The number of nitrogens with zero attached hydrogens (tertiary/aromatic N) is 1. The van der Waals surface area contributed by atoms with Crippen LogP contribution in [0.5, 0.6) is 0 Å². The molecule has 12 heteroatoms. The summed E-state index contributed by atoms with van der Waals surface area (Å²) < 4.78 is 0. The molecule has 11 nitrogen and oxygen atoms in total. The molecule has 0 fully saturated rings. The van der Waals surface area contributed by atoms with Crippen LogP contribution in [0.3, 0.4) is 0 Å². The van der Waals surface area contributed by atoms with Gasteiger partial charge in [0.2, 0.25) is 17.7 Å². The van der Waals surface area contributed by atoms with Gasteiger partial charge in [-0.2, -0.15) is 12.6 Å². The van der Waals surface area contributed by atoms with Crippen LogP contribution in [0.25, 0.3) is 0 Å². The minimum Gasteiger partial charge on any atom is -0.480 e. The van der Waals surface area contributed by atoms with E-state index in [1.807, 2.05) is 0 Å². The number of imidazole rings is 1. The Morgan fingerprint density at radius 3 is 2.38 bits per heavy atom. The molecule has 1 rings (SSSR count). The van der Waals surface area contributed by atoms with E-state index in [9.17, 15) is 24.3 Å². The van der Waals surface area contributed by atoms with Crippen molar-refractivity contribution in [3.05, 3.63) is 18.2 Å². The van der Waals surface area contributed by atoms with Gasteiger partial charge in [0.15, 0.2) is 0 Å². The van der Waals surface area contributed by atoms with Crippen LogP contribution in [0.15, 0.2) is 12.5 Å². The average molecular weight is 386 g/mol. The van der Waals surface area contributed by atoms with Crippen LogP contribution in [-0.2, 0) is 25.6 Å². The summed E-state index contributed by atoms with van der Waals surface area (Å²) in [7, 11) is 0. The summed E-state index contributed by atoms with van der Waals surface area (Å²) in [5.41, 5.74) is 11.1. The van der Waals surface area contributed by atoms with E-state index in [1.165, 1.54) is 12.5 Å². The zero-order valence-electron chi connectivity index (χ0n) is 13.8. The summed E-state index contributed by atoms with van der Waals surface area (Å²) in [5, 5.41) is 14.0. The standard InChI is InChI=1S/C14H22N6O5S/c15-8(1-2-11(16)21)12(22)20-10(5-26)13(23)19-9(14(24)25)3-7-4-17-6-18-7/h4,6,8-10,26H,1-3,5,15H2,(H2,16,21)(H,17,18)(H,19,23)(H,20,22)(H,24,25)/t8-,9-,10-/m0/s1. The van der Waals surface area contributed by atoms with Crippen LogP contribution in [0.1, 0.15) is 18.5 Å². The normalized spacial score (nSPS) is 14.1. The molecule has 0 saturated carbocycles. The lowest BCUT2D eigenvalue weighted by atomic mass is 10.1. The second-order valence-corrected chi connectivity index (χ2v) is 5.90. The van der Waals surface area contributed by atoms with E-state index in [-0.39, 0.29) is 25.0 Å². The number of aromatic amines is 1. The first-order valence-corrected chi connectivity index (χ1v) is 8.33. The lowest BCUT2D eigenvalue weighted by Gasteiger charge is -2.21. The highest BCUT2D eigenvalue weighted by atomic mass is 32.1. The smallest absolute Gasteiger partial charge is 0.326 e. The molecular weight excluding hydrogens is 364 g/mol. The number of carboxylic acids is 1. The monoisotopic (exact) mass is 386 g/mol. The predicted molar refractivity (Wildman–Crippen MR) is 94.0 cm³/mol. The van der Waals surface area contributed by atoms with E-state index in [1.54, 1.807) is 0 Å². The minimum atomic E-state index is -1.24. The van der Waals surface area contributed by atoms with Gasteiger partial charge in [-0.3, -0.25) is 14.4 Å². The van der Waals surface area contributed by atoms with Crippen molar-refractivity contribution >= 4 is 36.3 Å². The summed E-state index contributed by atoms with van der Waals surface area (Å²) in [5.74, 6) is -3.30. The summed E-state index contributed by atoms with van der Waals surface area (Å²) in [6.07, 6.45) is 2.78. The van der Waals surface area contributed by atoms with E-state index in [0.29, 0.717) is 5.69 Å². The van der Waals surface area contributed by atoms with Gasteiger partial charge in [0.05, 0.1) is 12.4 Å². The Morgan fingerprint density at radius 1 is 1.23 bits per heavy atom. The van der Waals surface area contributed by atoms with Crippen molar-refractivity contribution in [3.63, 3.8) is 0 Å². The van der Waals surface area contributed by atoms with Gasteiger partial charge in [0.25, 0.3) is 0 Å². The number of amides is 3. The average Bonchev–Trinajstić information content (AvgIpc) is 3.09. The molecule has 3 atom stereocenters. The number of nitrogens with two attached hydrogens (primary N) is 2. The van der Waals surface area contributed by atoms with Crippen LogP contribution >= 0.6 is 12.6 Å². The summed E-state index contributed by atoms with van der Waals surface area (Å²) >= 11 is 3.99. The molecule has 0 radical (unpaired) electrons. The van der Waals surface area contributed by atoms with Crippen molar-refractivity contribution in [2.75, 3.05) is 5.75 Å². The second-order valence-electron chi connectivity index (χ2n) is 5.54. The Balaban J connectivity index is 2.64. The van der Waals surface area contributed by atoms with Gasteiger partial charge < -0.3 is 32.2 Å². The third-order valence-corrected chi connectivity index (χ3v) is 3.81. The lowest BCUT2D eigenvalue weighted by molar-refractivity contribution is -0.142. The molecule has 144 valence electrons. The van der Waals surface area contributed by atoms with Crippen molar-refractivity contribution < 1.29 is 24.3 Å². The number of carbonyl (C=O) groups is 4. The maximum absolute atomic E-state index is 12.3. The van der Waals surface area contributed by atoms with Crippen LogP contribution in [0.2, 0.25) is 0 Å². The molecular formula is C14H22N6O5S. The van der Waals surface area contributed by atoms with Crippen molar-refractivity contribution in [1.29, 1.82) is 0 Å². The molecule has 0 aliphatic carbocycles. The van der Waals surface area contributed by atoms with Gasteiger partial charge in [-0.1, -0.05) is 0 Å². The number of carbonyl (C=O) groups excluding carboxylic acids is 3. The first-order valence-electron chi connectivity index (χ1n) is 7.70. The summed E-state index contributed by atoms with van der Waals surface area (Å²) in [4.78, 5) is 52.8. The third-order valence-electron chi connectivity index (χ3n) is 3.45. The van der Waals surface area contributed by atoms with E-state index in [2.05, 4.69) is 33.2 Å². The highest BCUT2D eigenvalue weighted by Gasteiger charge is 2.27. The zero-order chi connectivity index (χ0) is 19.7. The molecule has 0 spiro atoms. The zero-order valence-corrected chi connectivity index (χ0v) is 14.7. The van der Waals surface area contributed by atoms with Gasteiger partial charge in [-0.15, -0.1) is 0 Å². The number of aromatic nitrogens is 2. The largest absolute Gasteiger partial charge is 0.480 e. The van der Waals surface area contributed by atoms with Crippen molar-refractivity contribution in [2.24, 2.45) is 11.5 Å². The molecule has 0 aliphatic rings. The van der Waals surface area contributed by atoms with Crippen molar-refractivity contribution in [2.45, 2.75) is 37.4 Å². The Morgan fingerprint density at radius 2 is 1.88 bits per heavy atom. The lowest BCUT2D eigenvalue weighted by Crippen LogP contribution is -2.55. The molecule has 0 aromatic carbocycles. The van der Waals surface area contributed by atoms with E-state index in [0.717, 1.165) is 0 Å². The SMILES string of the molecule is NC(=O)CC[C@H](N)C(=O)N[C@@H](CS)C(=O)N[C@@H](Cc1cnc[nH]1)C(=O)O. The summed E-state index contributed by atoms with van der Waals surface area (Å²) in [6, 6.07) is -3.34. The van der Waals surface area contributed by atoms with Crippen LogP contribution in [0.4, 0.5) is 0 Å². The molecule has 1 aromatic heterocycles. The van der Waals surface area contributed by atoms with Crippen molar-refractivity contribution in [3.8, 4) is 0 Å². The number of hydrogen-bond donors (Lipinski definition) is 7. The first kappa shape index (κ1) is 21.4. The van der Waals surface area contributed by atoms with Gasteiger partial charge in [-0.25, -0.2) is 9.78 Å². The van der Waals surface area contributed by atoms with E-state index < -0.39 is 41.8 Å². The number of H-pyrrole nitrogens is 1. The maximum atomic E-state index is 12.3. The number of carboxylic acid groups (broad SMARTS) is 1. The Hall–Kier alpha value is -2.60. The van der Waals surface area contributed by atoms with E-state index >= 15 is 0 Å². The molecule has 0 aliphatic heterocycles. The van der Waals surface area contributed by atoms with E-state index in [4.69, 9.17) is 11.5 Å². The number of nitrogens with one attached hydrogen (secondary N) is 3. The van der Waals surface area contributed by atoms with Gasteiger partial charge in [0.1, 0.15) is 12.1 Å². The summed E-state index contributed by atoms with van der Waals surface area (Å²) in [6.45, 7) is 0. The molecule has 0 unspecified atom stereocenters. The molecule has 3 amide bonds. The number of rotatable bonds is 11. The Labute approximate surface area is 154 Å². The fraction of sp³-hybridized carbons (Fsp3) is 0.500. The highest BCUT2D eigenvalue weighted by Crippen LogP contribution is 2.01. The maximum Gasteiger partial charge on any atom is 0.326 e. The van der Waals surface area contributed by atoms with Gasteiger partial charge in [-0.05, 0) is 6.42 Å². The third kappa shape index (κ3) is 7.11. The number of aliphatic carboxylic acids is 1. The first-order chi connectivity index (χ1) is 12.2. The highest BCUT2D eigenvalue weighted by molar-refractivity contribution is 7.80. The van der Waals surface area contributed by atoms with Crippen molar-refractivity contribution in [1.82, 2.24) is 20.6 Å². The molecule has 26 heavy (non-hydrogen) atoms. The quantitative estimate of drug-likeness (QED) is 0.205. The molecule has 1 aromatic rings. The second kappa shape index (κ2) is 10.4. The van der Waals surface area contributed by atoms with Crippen LogP contribution in [0, 0.1) is 0 Å². The Bertz CT molecular complexity index is 638. The number of hydrogen-bond acceptors (Lipinski definition) is 7. The number of primary amides is 1. The molecule has 8 N–H and O–H groups in total. The predicted octanol–water partition coefficient (Wildman–Crippen LogP) is -2.47. The van der Waals surface area contributed by atoms with Crippen LogP contribution in [-0.4, -0.2) is 62.6 Å². The minimum absolute atomic E-state index is 0.00750. The fourth-order valence-electron chi connectivity index (χ4n) is 1.99. The van der Waals surface area contributed by atoms with Gasteiger partial charge >= 0.3 is 5.97 Å². The Kier molecular flexibility index (Phi) is 8.58. The number of thiol groups is 1. The molecule has 1 heterocycles. The van der Waals surface area contributed by atoms with Gasteiger partial charge in [0, 0.05) is 30.5 Å².